The van der Waals surface area contributed by atoms with E-state index in [-0.39, 0.29) is 0 Å². The van der Waals surface area contributed by atoms with Gasteiger partial charge in [0.2, 0.25) is 0 Å². The van der Waals surface area contributed by atoms with Gasteiger partial charge in [0.15, 0.2) is 0 Å². The van der Waals surface area contributed by atoms with Gasteiger partial charge in [-0.05, 0) is 63.4 Å². The summed E-state index contributed by atoms with van der Waals surface area (Å²) in [5, 5.41) is 3.51. The van der Waals surface area contributed by atoms with Gasteiger partial charge in [-0.15, -0.1) is 0 Å². The summed E-state index contributed by atoms with van der Waals surface area (Å²) in [5.41, 5.74) is 1.22. The third-order valence-corrected chi connectivity index (χ3v) is 4.21. The minimum atomic E-state index is 0.783. The molecule has 0 aliphatic carbocycles. The third kappa shape index (κ3) is 5.68. The van der Waals surface area contributed by atoms with Crippen molar-refractivity contribution in [3.63, 3.8) is 0 Å². The van der Waals surface area contributed by atoms with Gasteiger partial charge in [0, 0.05) is 13.1 Å². The first-order valence-corrected chi connectivity index (χ1v) is 8.41. The lowest BCUT2D eigenvalue weighted by Gasteiger charge is -2.30. The van der Waals surface area contributed by atoms with Gasteiger partial charge < -0.3 is 10.1 Å². The van der Waals surface area contributed by atoms with Crippen molar-refractivity contribution in [3.05, 3.63) is 29.8 Å². The van der Waals surface area contributed by atoms with Crippen LogP contribution in [-0.2, 0) is 0 Å². The van der Waals surface area contributed by atoms with Crippen LogP contribution in [0.5, 0.6) is 5.75 Å². The maximum absolute atomic E-state index is 5.95. The van der Waals surface area contributed by atoms with Crippen molar-refractivity contribution >= 4 is 0 Å². The highest BCUT2D eigenvalue weighted by molar-refractivity contribution is 5.31. The van der Waals surface area contributed by atoms with E-state index >= 15 is 0 Å². The van der Waals surface area contributed by atoms with Crippen molar-refractivity contribution in [3.8, 4) is 5.75 Å². The van der Waals surface area contributed by atoms with E-state index in [9.17, 15) is 0 Å². The Morgan fingerprint density at radius 3 is 2.86 bits per heavy atom. The fourth-order valence-electron chi connectivity index (χ4n) is 3.06. The maximum Gasteiger partial charge on any atom is 0.122 e. The number of para-hydroxylation sites is 1. The lowest BCUT2D eigenvalue weighted by molar-refractivity contribution is 0.173. The highest BCUT2D eigenvalue weighted by Crippen LogP contribution is 2.16. The molecule has 1 atom stereocenters. The van der Waals surface area contributed by atoms with E-state index in [1.54, 1.807) is 0 Å². The van der Waals surface area contributed by atoms with Gasteiger partial charge in [0.1, 0.15) is 12.4 Å². The van der Waals surface area contributed by atoms with E-state index in [4.69, 9.17) is 4.74 Å². The number of nitrogens with zero attached hydrogens (tertiary/aromatic N) is 1. The molecule has 0 aromatic heterocycles. The van der Waals surface area contributed by atoms with Crippen LogP contribution in [0, 0.1) is 12.8 Å². The molecule has 1 aromatic carbocycles. The second-order valence-electron chi connectivity index (χ2n) is 6.13. The molecule has 0 amide bonds. The van der Waals surface area contributed by atoms with E-state index in [1.807, 2.05) is 6.07 Å². The van der Waals surface area contributed by atoms with E-state index in [2.05, 4.69) is 42.3 Å². The zero-order chi connectivity index (χ0) is 14.9. The van der Waals surface area contributed by atoms with E-state index in [0.29, 0.717) is 0 Å². The molecule has 1 aliphatic rings. The minimum Gasteiger partial charge on any atom is -0.492 e. The molecule has 2 rings (SSSR count). The molecule has 1 unspecified atom stereocenters. The number of rotatable bonds is 8. The highest BCUT2D eigenvalue weighted by atomic mass is 16.5. The number of benzene rings is 1. The summed E-state index contributed by atoms with van der Waals surface area (Å²) >= 11 is 0. The number of aryl methyl sites for hydroxylation is 1. The molecule has 1 fully saturated rings. The molecule has 21 heavy (non-hydrogen) atoms. The highest BCUT2D eigenvalue weighted by Gasteiger charge is 2.16. The normalized spacial score (nSPS) is 18.9. The van der Waals surface area contributed by atoms with Gasteiger partial charge in [0.05, 0.1) is 0 Å². The van der Waals surface area contributed by atoms with Crippen LogP contribution in [-0.4, -0.2) is 44.2 Å². The molecule has 1 aliphatic heterocycles. The lowest BCUT2D eigenvalue weighted by Crippen LogP contribution is -2.40. The smallest absolute Gasteiger partial charge is 0.122 e. The van der Waals surface area contributed by atoms with Gasteiger partial charge in [-0.3, -0.25) is 4.90 Å². The first-order chi connectivity index (χ1) is 10.3. The van der Waals surface area contributed by atoms with Gasteiger partial charge in [-0.1, -0.05) is 25.1 Å². The summed E-state index contributed by atoms with van der Waals surface area (Å²) in [7, 11) is 0. The molecule has 0 spiro atoms. The Kier molecular flexibility index (Phi) is 7.04. The fourth-order valence-corrected chi connectivity index (χ4v) is 3.06. The third-order valence-electron chi connectivity index (χ3n) is 4.21. The van der Waals surface area contributed by atoms with Crippen LogP contribution >= 0.6 is 0 Å². The van der Waals surface area contributed by atoms with Gasteiger partial charge in [0.25, 0.3) is 0 Å². The van der Waals surface area contributed by atoms with Crippen LogP contribution in [0.15, 0.2) is 24.3 Å². The number of piperidine rings is 1. The Morgan fingerprint density at radius 1 is 1.29 bits per heavy atom. The van der Waals surface area contributed by atoms with Crippen molar-refractivity contribution < 1.29 is 4.74 Å². The number of nitrogens with one attached hydrogen (secondary N) is 1. The standard InChI is InChI=1S/C18H30N2O/c1-3-11-20(15-17-8-6-10-19-14-17)12-13-21-18-9-5-4-7-16(18)2/h4-5,7,9,17,19H,3,6,8,10-15H2,1-2H3. The Hall–Kier alpha value is -1.06. The van der Waals surface area contributed by atoms with Crippen molar-refractivity contribution in [1.82, 2.24) is 10.2 Å². The van der Waals surface area contributed by atoms with Crippen molar-refractivity contribution in [2.45, 2.75) is 33.1 Å². The largest absolute Gasteiger partial charge is 0.492 e. The van der Waals surface area contributed by atoms with E-state index in [1.165, 1.54) is 51.0 Å². The molecule has 118 valence electrons. The van der Waals surface area contributed by atoms with E-state index in [0.717, 1.165) is 24.8 Å². The Bertz CT molecular complexity index is 402. The molecular formula is C18H30N2O. The molecule has 0 saturated carbocycles. The average molecular weight is 290 g/mol. The first kappa shape index (κ1) is 16.3. The fraction of sp³-hybridized carbons (Fsp3) is 0.667. The first-order valence-electron chi connectivity index (χ1n) is 8.41. The summed E-state index contributed by atoms with van der Waals surface area (Å²) in [6.07, 6.45) is 3.90. The molecule has 1 N–H and O–H groups in total. The van der Waals surface area contributed by atoms with Crippen LogP contribution in [0.4, 0.5) is 0 Å². The molecule has 0 bridgehead atoms. The molecule has 3 heteroatoms. The summed E-state index contributed by atoms with van der Waals surface area (Å²) in [6, 6.07) is 8.26. The number of hydrogen-bond acceptors (Lipinski definition) is 3. The molecule has 0 radical (unpaired) electrons. The molecule has 3 nitrogen and oxygen atoms in total. The molecule has 1 heterocycles. The minimum absolute atomic E-state index is 0.783. The molecule has 1 aromatic rings. The number of ether oxygens (including phenoxy) is 1. The Labute approximate surface area is 129 Å². The van der Waals surface area contributed by atoms with Crippen LogP contribution in [0.2, 0.25) is 0 Å². The van der Waals surface area contributed by atoms with E-state index < -0.39 is 0 Å². The second-order valence-corrected chi connectivity index (χ2v) is 6.13. The van der Waals surface area contributed by atoms with Gasteiger partial charge in [-0.25, -0.2) is 0 Å². The predicted octanol–water partition coefficient (Wildman–Crippen LogP) is 3.09. The summed E-state index contributed by atoms with van der Waals surface area (Å²) in [6.45, 7) is 10.9. The van der Waals surface area contributed by atoms with Crippen LogP contribution < -0.4 is 10.1 Å². The zero-order valence-electron chi connectivity index (χ0n) is 13.6. The monoisotopic (exact) mass is 290 g/mol. The summed E-state index contributed by atoms with van der Waals surface area (Å²) in [4.78, 5) is 2.57. The Balaban J connectivity index is 1.75. The topological polar surface area (TPSA) is 24.5 Å². The number of hydrogen-bond donors (Lipinski definition) is 1. The maximum atomic E-state index is 5.95. The second kappa shape index (κ2) is 9.06. The van der Waals surface area contributed by atoms with Crippen molar-refractivity contribution in [2.24, 2.45) is 5.92 Å². The van der Waals surface area contributed by atoms with Gasteiger partial charge in [-0.2, -0.15) is 0 Å². The quantitative estimate of drug-likeness (QED) is 0.796. The average Bonchev–Trinajstić information content (AvgIpc) is 2.50. The Morgan fingerprint density at radius 2 is 2.14 bits per heavy atom. The predicted molar refractivity (Wildman–Crippen MR) is 89.0 cm³/mol. The molecule has 1 saturated heterocycles. The molecular weight excluding hydrogens is 260 g/mol. The SMILES string of the molecule is CCCN(CCOc1ccccc1C)CC1CCCNC1. The van der Waals surface area contributed by atoms with Crippen molar-refractivity contribution in [2.75, 3.05) is 39.3 Å². The summed E-state index contributed by atoms with van der Waals surface area (Å²) in [5.74, 6) is 1.83. The lowest BCUT2D eigenvalue weighted by atomic mass is 9.99. The van der Waals surface area contributed by atoms with Crippen LogP contribution in [0.1, 0.15) is 31.7 Å². The van der Waals surface area contributed by atoms with Crippen LogP contribution in [0.3, 0.4) is 0 Å². The van der Waals surface area contributed by atoms with Crippen LogP contribution in [0.25, 0.3) is 0 Å². The summed E-state index contributed by atoms with van der Waals surface area (Å²) < 4.78 is 5.95. The van der Waals surface area contributed by atoms with Gasteiger partial charge >= 0.3 is 0 Å². The zero-order valence-corrected chi connectivity index (χ0v) is 13.6. The van der Waals surface area contributed by atoms with Crippen molar-refractivity contribution in [1.29, 1.82) is 0 Å².